The van der Waals surface area contributed by atoms with E-state index in [2.05, 4.69) is 22.9 Å². The molecule has 0 aromatic rings. The van der Waals surface area contributed by atoms with E-state index in [1.807, 2.05) is 0 Å². The Hall–Kier alpha value is 0.150. The maximum Gasteiger partial charge on any atom is 0.137 e. The fraction of sp³-hybridized carbons (Fsp3) is 0.909. The van der Waals surface area contributed by atoms with Crippen molar-refractivity contribution < 1.29 is 4.79 Å². The number of alkyl halides is 1. The van der Waals surface area contributed by atoms with Crippen molar-refractivity contribution in [3.05, 3.63) is 0 Å². The highest BCUT2D eigenvalue weighted by molar-refractivity contribution is 9.10. The molecule has 0 aromatic heterocycles. The van der Waals surface area contributed by atoms with E-state index < -0.39 is 0 Å². The minimum absolute atomic E-state index is 0.167. The van der Waals surface area contributed by atoms with E-state index in [1.54, 1.807) is 0 Å². The van der Waals surface area contributed by atoms with Gasteiger partial charge in [0, 0.05) is 0 Å². The zero-order chi connectivity index (χ0) is 9.53. The van der Waals surface area contributed by atoms with Crippen LogP contribution in [0.5, 0.6) is 0 Å². The molecule has 0 heterocycles. The Balaban J connectivity index is 2.22. The molecule has 2 atom stereocenters. The summed E-state index contributed by atoms with van der Waals surface area (Å²) >= 11 is 3.66. The molecule has 2 heteroatoms. The topological polar surface area (TPSA) is 17.1 Å². The fourth-order valence-electron chi connectivity index (χ4n) is 3.38. The second-order valence-corrected chi connectivity index (χ2v) is 6.22. The lowest BCUT2D eigenvalue weighted by Gasteiger charge is -2.60. The Kier molecular flexibility index (Phi) is 2.30. The minimum atomic E-state index is -0.167. The molecule has 2 aliphatic carbocycles. The third kappa shape index (κ3) is 1.14. The monoisotopic (exact) mass is 244 g/mol. The first-order chi connectivity index (χ1) is 6.15. The van der Waals surface area contributed by atoms with Gasteiger partial charge in [0.1, 0.15) is 6.29 Å². The second kappa shape index (κ2) is 3.08. The lowest BCUT2D eigenvalue weighted by Crippen LogP contribution is -2.60. The van der Waals surface area contributed by atoms with Gasteiger partial charge in [-0.05, 0) is 30.6 Å². The van der Waals surface area contributed by atoms with Crippen LogP contribution in [0.4, 0.5) is 0 Å². The predicted molar refractivity (Wildman–Crippen MR) is 57.0 cm³/mol. The number of aldehydes is 1. The molecule has 13 heavy (non-hydrogen) atoms. The van der Waals surface area contributed by atoms with Gasteiger partial charge in [-0.1, -0.05) is 42.1 Å². The van der Waals surface area contributed by atoms with Crippen LogP contribution in [-0.4, -0.2) is 10.6 Å². The molecule has 2 rings (SSSR count). The Morgan fingerprint density at radius 3 is 2.38 bits per heavy atom. The molecule has 0 saturated heterocycles. The Morgan fingerprint density at radius 1 is 1.31 bits per heavy atom. The van der Waals surface area contributed by atoms with Crippen LogP contribution < -0.4 is 0 Å². The fourth-order valence-corrected chi connectivity index (χ4v) is 4.65. The molecular formula is C11H17BrO. The Bertz CT molecular complexity index is 220. The van der Waals surface area contributed by atoms with Crippen molar-refractivity contribution in [3.63, 3.8) is 0 Å². The van der Waals surface area contributed by atoms with Gasteiger partial charge in [0.05, 0.1) is 4.32 Å². The lowest BCUT2D eigenvalue weighted by atomic mass is 9.48. The molecule has 2 saturated carbocycles. The normalized spacial score (nSPS) is 42.8. The molecule has 1 spiro atoms. The molecule has 1 nitrogen and oxygen atoms in total. The SMILES string of the molecule is CC1CC(Br)(C=O)C12CCCCC2. The second-order valence-electron chi connectivity index (χ2n) is 4.80. The number of hydrogen-bond acceptors (Lipinski definition) is 1. The summed E-state index contributed by atoms with van der Waals surface area (Å²) in [5.41, 5.74) is 0.312. The van der Waals surface area contributed by atoms with Gasteiger partial charge in [-0.25, -0.2) is 0 Å². The Labute approximate surface area is 88.4 Å². The quantitative estimate of drug-likeness (QED) is 0.511. The highest BCUT2D eigenvalue weighted by atomic mass is 79.9. The van der Waals surface area contributed by atoms with Crippen molar-refractivity contribution in [3.8, 4) is 0 Å². The van der Waals surface area contributed by atoms with Crippen LogP contribution in [0.25, 0.3) is 0 Å². The molecule has 2 fully saturated rings. The maximum atomic E-state index is 11.1. The van der Waals surface area contributed by atoms with Crippen LogP contribution in [0.15, 0.2) is 0 Å². The number of carbonyl (C=O) groups excluding carboxylic acids is 1. The lowest BCUT2D eigenvalue weighted by molar-refractivity contribution is -0.125. The Morgan fingerprint density at radius 2 is 1.92 bits per heavy atom. The first-order valence-electron chi connectivity index (χ1n) is 5.30. The van der Waals surface area contributed by atoms with Crippen LogP contribution in [0, 0.1) is 11.3 Å². The van der Waals surface area contributed by atoms with E-state index >= 15 is 0 Å². The van der Waals surface area contributed by atoms with E-state index in [4.69, 9.17) is 0 Å². The molecule has 0 aromatic carbocycles. The van der Waals surface area contributed by atoms with Crippen LogP contribution in [0.2, 0.25) is 0 Å². The molecule has 2 aliphatic rings. The summed E-state index contributed by atoms with van der Waals surface area (Å²) in [6.45, 7) is 2.30. The van der Waals surface area contributed by atoms with E-state index in [9.17, 15) is 4.79 Å². The molecular weight excluding hydrogens is 228 g/mol. The van der Waals surface area contributed by atoms with Gasteiger partial charge in [0.2, 0.25) is 0 Å². The average molecular weight is 245 g/mol. The maximum absolute atomic E-state index is 11.1. The van der Waals surface area contributed by atoms with Gasteiger partial charge in [0.25, 0.3) is 0 Å². The molecule has 0 amide bonds. The summed E-state index contributed by atoms with van der Waals surface area (Å²) in [6, 6.07) is 0. The largest absolute Gasteiger partial charge is 0.302 e. The average Bonchev–Trinajstić information content (AvgIpc) is 2.19. The molecule has 2 unspecified atom stereocenters. The van der Waals surface area contributed by atoms with E-state index in [0.717, 1.165) is 18.6 Å². The standard InChI is InChI=1S/C11H17BrO/c1-9-7-11(12,8-13)10(9)5-3-2-4-6-10/h8-9H,2-7H2,1H3. The van der Waals surface area contributed by atoms with E-state index in [1.165, 1.54) is 32.1 Å². The zero-order valence-electron chi connectivity index (χ0n) is 8.18. The number of halogens is 1. The summed E-state index contributed by atoms with van der Waals surface area (Å²) < 4.78 is -0.167. The highest BCUT2D eigenvalue weighted by Crippen LogP contribution is 2.64. The van der Waals surface area contributed by atoms with Gasteiger partial charge < -0.3 is 4.79 Å². The number of hydrogen-bond donors (Lipinski definition) is 0. The minimum Gasteiger partial charge on any atom is -0.302 e. The third-order valence-electron chi connectivity index (χ3n) is 4.31. The van der Waals surface area contributed by atoms with Crippen molar-refractivity contribution >= 4 is 22.2 Å². The van der Waals surface area contributed by atoms with Crippen molar-refractivity contribution in [2.45, 2.75) is 49.8 Å². The van der Waals surface area contributed by atoms with Gasteiger partial charge >= 0.3 is 0 Å². The van der Waals surface area contributed by atoms with Crippen molar-refractivity contribution in [1.29, 1.82) is 0 Å². The van der Waals surface area contributed by atoms with Crippen LogP contribution >= 0.6 is 15.9 Å². The molecule has 0 radical (unpaired) electrons. The van der Waals surface area contributed by atoms with Gasteiger partial charge in [0.15, 0.2) is 0 Å². The van der Waals surface area contributed by atoms with Crippen LogP contribution in [-0.2, 0) is 4.79 Å². The smallest absolute Gasteiger partial charge is 0.137 e. The van der Waals surface area contributed by atoms with Crippen molar-refractivity contribution in [2.75, 3.05) is 0 Å². The summed E-state index contributed by atoms with van der Waals surface area (Å²) in [5.74, 6) is 0.734. The number of carbonyl (C=O) groups is 1. The first-order valence-corrected chi connectivity index (χ1v) is 6.09. The summed E-state index contributed by atoms with van der Waals surface area (Å²) in [7, 11) is 0. The van der Waals surface area contributed by atoms with Gasteiger partial charge in [-0.3, -0.25) is 0 Å². The zero-order valence-corrected chi connectivity index (χ0v) is 9.77. The highest BCUT2D eigenvalue weighted by Gasteiger charge is 2.61. The van der Waals surface area contributed by atoms with E-state index in [-0.39, 0.29) is 4.32 Å². The molecule has 0 N–H and O–H groups in total. The van der Waals surface area contributed by atoms with Crippen molar-refractivity contribution in [1.82, 2.24) is 0 Å². The van der Waals surface area contributed by atoms with E-state index in [0.29, 0.717) is 5.41 Å². The predicted octanol–water partition coefficient (Wildman–Crippen LogP) is 3.31. The molecule has 0 aliphatic heterocycles. The summed E-state index contributed by atoms with van der Waals surface area (Å²) in [4.78, 5) is 11.1. The summed E-state index contributed by atoms with van der Waals surface area (Å²) in [5, 5.41) is 0. The van der Waals surface area contributed by atoms with Crippen LogP contribution in [0.3, 0.4) is 0 Å². The third-order valence-corrected chi connectivity index (χ3v) is 5.61. The molecule has 74 valence electrons. The first kappa shape index (κ1) is 9.70. The van der Waals surface area contributed by atoms with Gasteiger partial charge in [-0.15, -0.1) is 0 Å². The number of rotatable bonds is 1. The molecule has 0 bridgehead atoms. The summed E-state index contributed by atoms with van der Waals surface area (Å²) in [6.07, 6.45) is 8.67. The van der Waals surface area contributed by atoms with Gasteiger partial charge in [-0.2, -0.15) is 0 Å². The van der Waals surface area contributed by atoms with Crippen molar-refractivity contribution in [2.24, 2.45) is 11.3 Å². The van der Waals surface area contributed by atoms with Crippen LogP contribution in [0.1, 0.15) is 45.4 Å².